The van der Waals surface area contributed by atoms with E-state index in [0.29, 0.717) is 12.3 Å². The molecule has 148 valence electrons. The van der Waals surface area contributed by atoms with Gasteiger partial charge in [-0.25, -0.2) is 4.31 Å². The molecule has 0 saturated heterocycles. The second kappa shape index (κ2) is 10.1. The maximum atomic E-state index is 11.4. The van der Waals surface area contributed by atoms with Crippen molar-refractivity contribution in [1.29, 1.82) is 0 Å². The molecule has 1 aliphatic rings. The lowest BCUT2D eigenvalue weighted by Gasteiger charge is -2.14. The number of carbonyl (C=O) groups is 2. The van der Waals surface area contributed by atoms with Gasteiger partial charge in [-0.15, -0.1) is 0 Å². The van der Waals surface area contributed by atoms with Crippen LogP contribution >= 0.6 is 11.9 Å². The van der Waals surface area contributed by atoms with Crippen LogP contribution in [0, 0.1) is 0 Å². The second-order valence-corrected chi connectivity index (χ2v) is 7.81. The molecule has 1 aliphatic heterocycles. The van der Waals surface area contributed by atoms with Gasteiger partial charge in [-0.2, -0.15) is 0 Å². The van der Waals surface area contributed by atoms with Gasteiger partial charge in [0.15, 0.2) is 0 Å². The molecule has 3 N–H and O–H groups in total. The lowest BCUT2D eigenvalue weighted by molar-refractivity contribution is -0.122. The fourth-order valence-electron chi connectivity index (χ4n) is 3.04. The van der Waals surface area contributed by atoms with E-state index >= 15 is 0 Å². The minimum Gasteiger partial charge on any atom is -0.507 e. The Hall–Kier alpha value is -2.51. The van der Waals surface area contributed by atoms with E-state index in [4.69, 9.17) is 0 Å². The van der Waals surface area contributed by atoms with Crippen molar-refractivity contribution >= 4 is 29.8 Å². The van der Waals surface area contributed by atoms with Crippen LogP contribution in [0.2, 0.25) is 0 Å². The zero-order chi connectivity index (χ0) is 19.8. The zero-order valence-electron chi connectivity index (χ0n) is 15.7. The van der Waals surface area contributed by atoms with Crippen molar-refractivity contribution in [2.75, 3.05) is 18.4 Å². The smallest absolute Gasteiger partial charge is 0.220 e. The van der Waals surface area contributed by atoms with Gasteiger partial charge in [0, 0.05) is 44.7 Å². The number of carbonyl (C=O) groups excluding carboxylic acids is 2. The van der Waals surface area contributed by atoms with Crippen LogP contribution in [-0.2, 0) is 22.7 Å². The number of phenolic OH excluding ortho intramolecular Hbond substituents is 1. The third kappa shape index (κ3) is 5.74. The minimum atomic E-state index is -0.0772. The lowest BCUT2D eigenvalue weighted by atomic mass is 10.1. The van der Waals surface area contributed by atoms with E-state index in [1.165, 1.54) is 11.1 Å². The molecular weight excluding hydrogens is 374 g/mol. The fourth-order valence-corrected chi connectivity index (χ4v) is 4.02. The molecule has 1 heterocycles. The number of aldehydes is 1. The van der Waals surface area contributed by atoms with E-state index in [9.17, 15) is 14.7 Å². The van der Waals surface area contributed by atoms with Crippen molar-refractivity contribution in [3.05, 3.63) is 53.6 Å². The van der Waals surface area contributed by atoms with Gasteiger partial charge in [0.05, 0.1) is 4.90 Å². The summed E-state index contributed by atoms with van der Waals surface area (Å²) in [6, 6.07) is 13.8. The minimum absolute atomic E-state index is 0.0772. The Kier molecular flexibility index (Phi) is 7.33. The first-order valence-electron chi connectivity index (χ1n) is 9.42. The molecule has 0 spiro atoms. The molecule has 1 amide bonds. The number of aromatic hydroxyl groups is 1. The Morgan fingerprint density at radius 2 is 1.96 bits per heavy atom. The average molecular weight is 400 g/mol. The predicted octanol–water partition coefficient (Wildman–Crippen LogP) is 3.31. The fraction of sp³-hybridized carbons (Fsp3) is 0.333. The van der Waals surface area contributed by atoms with Crippen molar-refractivity contribution < 1.29 is 14.7 Å². The molecule has 0 saturated carbocycles. The number of benzene rings is 2. The molecule has 0 radical (unpaired) electrons. The first-order chi connectivity index (χ1) is 13.7. The van der Waals surface area contributed by atoms with Crippen molar-refractivity contribution in [3.63, 3.8) is 0 Å². The molecule has 0 aliphatic carbocycles. The standard InChI is InChI=1S/C21H25N3O3S/c25-12-3-7-21(27)23-11-4-10-22-18-9-8-16-14-24(15-17(16)13-18)28-20-6-2-1-5-19(20)26/h1-2,5-6,8-9,12-13,22,26H,3-4,7,10-11,14-15H2,(H,23,27). The topological polar surface area (TPSA) is 81.7 Å². The molecule has 0 atom stereocenters. The molecule has 28 heavy (non-hydrogen) atoms. The van der Waals surface area contributed by atoms with E-state index in [2.05, 4.69) is 33.1 Å². The van der Waals surface area contributed by atoms with Crippen LogP contribution < -0.4 is 10.6 Å². The number of nitrogens with one attached hydrogen (secondary N) is 2. The van der Waals surface area contributed by atoms with Crippen LogP contribution in [0.25, 0.3) is 0 Å². The number of para-hydroxylation sites is 1. The largest absolute Gasteiger partial charge is 0.507 e. The van der Waals surface area contributed by atoms with Crippen molar-refractivity contribution in [1.82, 2.24) is 9.62 Å². The number of rotatable bonds is 10. The second-order valence-electron chi connectivity index (χ2n) is 6.68. The van der Waals surface area contributed by atoms with Gasteiger partial charge in [0.25, 0.3) is 0 Å². The van der Waals surface area contributed by atoms with Crippen LogP contribution in [0.1, 0.15) is 30.4 Å². The first kappa shape index (κ1) is 20.2. The highest BCUT2D eigenvalue weighted by Crippen LogP contribution is 2.37. The molecule has 0 fully saturated rings. The van der Waals surface area contributed by atoms with Gasteiger partial charge in [-0.05, 0) is 53.8 Å². The summed E-state index contributed by atoms with van der Waals surface area (Å²) in [5.74, 6) is 0.232. The SMILES string of the molecule is O=CCCC(=O)NCCCNc1ccc2c(c1)CN(Sc1ccccc1O)C2. The summed E-state index contributed by atoms with van der Waals surface area (Å²) in [6.45, 7) is 3.04. The van der Waals surface area contributed by atoms with Crippen LogP contribution in [-0.4, -0.2) is 34.7 Å². The third-order valence-electron chi connectivity index (χ3n) is 4.49. The van der Waals surface area contributed by atoms with Crippen LogP contribution in [0.5, 0.6) is 5.75 Å². The Labute approximate surface area is 169 Å². The van der Waals surface area contributed by atoms with Gasteiger partial charge in [0.2, 0.25) is 5.91 Å². The van der Waals surface area contributed by atoms with Gasteiger partial charge in [-0.3, -0.25) is 4.79 Å². The van der Waals surface area contributed by atoms with Crippen LogP contribution in [0.15, 0.2) is 47.4 Å². The van der Waals surface area contributed by atoms with Crippen molar-refractivity contribution in [2.24, 2.45) is 0 Å². The summed E-state index contributed by atoms with van der Waals surface area (Å²) in [6.07, 6.45) is 2.12. The summed E-state index contributed by atoms with van der Waals surface area (Å²) < 4.78 is 2.23. The normalized spacial score (nSPS) is 13.1. The van der Waals surface area contributed by atoms with E-state index in [0.717, 1.165) is 42.9 Å². The highest BCUT2D eigenvalue weighted by Gasteiger charge is 2.21. The van der Waals surface area contributed by atoms with Crippen LogP contribution in [0.3, 0.4) is 0 Å². The number of amides is 1. The molecule has 0 aromatic heterocycles. The number of hydrogen-bond acceptors (Lipinski definition) is 6. The Morgan fingerprint density at radius 3 is 2.79 bits per heavy atom. The summed E-state index contributed by atoms with van der Waals surface area (Å²) >= 11 is 1.57. The molecule has 0 bridgehead atoms. The van der Waals surface area contributed by atoms with Crippen LogP contribution in [0.4, 0.5) is 5.69 Å². The molecule has 2 aromatic rings. The lowest BCUT2D eigenvalue weighted by Crippen LogP contribution is -2.25. The average Bonchev–Trinajstić information content (AvgIpc) is 3.09. The monoisotopic (exact) mass is 399 g/mol. The Morgan fingerprint density at radius 1 is 1.14 bits per heavy atom. The molecule has 6 nitrogen and oxygen atoms in total. The molecule has 2 aromatic carbocycles. The summed E-state index contributed by atoms with van der Waals surface area (Å²) in [4.78, 5) is 22.5. The van der Waals surface area contributed by atoms with Gasteiger partial charge >= 0.3 is 0 Å². The Balaban J connectivity index is 1.42. The predicted molar refractivity (Wildman–Crippen MR) is 111 cm³/mol. The van der Waals surface area contributed by atoms with E-state index in [-0.39, 0.29) is 18.7 Å². The summed E-state index contributed by atoms with van der Waals surface area (Å²) in [5.41, 5.74) is 3.66. The third-order valence-corrected chi connectivity index (χ3v) is 5.54. The number of fused-ring (bicyclic) bond motifs is 1. The molecular formula is C21H25N3O3S. The summed E-state index contributed by atoms with van der Waals surface area (Å²) in [5, 5.41) is 16.2. The van der Waals surface area contributed by atoms with E-state index in [1.807, 2.05) is 18.2 Å². The number of hydrogen-bond donors (Lipinski definition) is 3. The maximum absolute atomic E-state index is 11.4. The van der Waals surface area contributed by atoms with Gasteiger partial charge in [-0.1, -0.05) is 18.2 Å². The molecule has 3 rings (SSSR count). The summed E-state index contributed by atoms with van der Waals surface area (Å²) in [7, 11) is 0. The maximum Gasteiger partial charge on any atom is 0.220 e. The van der Waals surface area contributed by atoms with E-state index in [1.54, 1.807) is 18.0 Å². The van der Waals surface area contributed by atoms with E-state index < -0.39 is 0 Å². The first-order valence-corrected chi connectivity index (χ1v) is 10.2. The quantitative estimate of drug-likeness (QED) is 0.323. The molecule has 0 unspecified atom stereocenters. The Bertz CT molecular complexity index is 828. The van der Waals surface area contributed by atoms with Gasteiger partial charge < -0.3 is 20.5 Å². The molecule has 7 heteroatoms. The van der Waals surface area contributed by atoms with Gasteiger partial charge in [0.1, 0.15) is 12.0 Å². The number of phenols is 1. The number of anilines is 1. The van der Waals surface area contributed by atoms with Crippen molar-refractivity contribution in [2.45, 2.75) is 37.2 Å². The highest BCUT2D eigenvalue weighted by atomic mass is 32.2. The number of nitrogens with zero attached hydrogens (tertiary/aromatic N) is 1. The highest BCUT2D eigenvalue weighted by molar-refractivity contribution is 7.97. The van der Waals surface area contributed by atoms with Crippen molar-refractivity contribution in [3.8, 4) is 5.75 Å². The zero-order valence-corrected chi connectivity index (χ0v) is 16.5.